The standard InChI is InChI=1S/C13H14N2O3S/c1-4-18-13(17)8-5-6(2)15-12-9(8)10(14)11(19-12)7(3)16/h5H,4,14H2,1-3H3. The molecule has 2 aromatic heterocycles. The first-order valence-corrected chi connectivity index (χ1v) is 6.65. The van der Waals surface area contributed by atoms with Crippen molar-refractivity contribution >= 4 is 39.0 Å². The Morgan fingerprint density at radius 3 is 2.74 bits per heavy atom. The smallest absolute Gasteiger partial charge is 0.338 e. The second-order valence-electron chi connectivity index (χ2n) is 4.11. The molecule has 0 fully saturated rings. The van der Waals surface area contributed by atoms with Crippen LogP contribution in [0.4, 0.5) is 5.69 Å². The maximum Gasteiger partial charge on any atom is 0.338 e. The van der Waals surface area contributed by atoms with Gasteiger partial charge >= 0.3 is 5.97 Å². The molecule has 0 amide bonds. The predicted molar refractivity (Wildman–Crippen MR) is 74.7 cm³/mol. The molecule has 0 aliphatic heterocycles. The summed E-state index contributed by atoms with van der Waals surface area (Å²) < 4.78 is 5.01. The number of carbonyl (C=O) groups is 2. The monoisotopic (exact) mass is 278 g/mol. The average molecular weight is 278 g/mol. The van der Waals surface area contributed by atoms with Crippen LogP contribution in [0.15, 0.2) is 6.07 Å². The lowest BCUT2D eigenvalue weighted by atomic mass is 10.1. The van der Waals surface area contributed by atoms with Crippen molar-refractivity contribution in [1.82, 2.24) is 4.98 Å². The third kappa shape index (κ3) is 2.31. The van der Waals surface area contributed by atoms with Crippen LogP contribution in [0.1, 0.15) is 39.6 Å². The number of ether oxygens (including phenoxy) is 1. The van der Waals surface area contributed by atoms with E-state index in [9.17, 15) is 9.59 Å². The van der Waals surface area contributed by atoms with Crippen LogP contribution < -0.4 is 5.73 Å². The van der Waals surface area contributed by atoms with Gasteiger partial charge in [-0.15, -0.1) is 11.3 Å². The molecule has 2 N–H and O–H groups in total. The van der Waals surface area contributed by atoms with Crippen LogP contribution in [-0.2, 0) is 4.74 Å². The molecule has 100 valence electrons. The minimum atomic E-state index is -0.447. The van der Waals surface area contributed by atoms with E-state index < -0.39 is 5.97 Å². The number of nitrogens with two attached hydrogens (primary N) is 1. The number of anilines is 1. The molecule has 2 rings (SSSR count). The quantitative estimate of drug-likeness (QED) is 0.689. The van der Waals surface area contributed by atoms with E-state index in [4.69, 9.17) is 10.5 Å². The van der Waals surface area contributed by atoms with Gasteiger partial charge in [-0.05, 0) is 19.9 Å². The Kier molecular flexibility index (Phi) is 3.53. The van der Waals surface area contributed by atoms with Crippen molar-refractivity contribution in [3.8, 4) is 0 Å². The van der Waals surface area contributed by atoms with Gasteiger partial charge in [-0.1, -0.05) is 0 Å². The van der Waals surface area contributed by atoms with Crippen LogP contribution in [-0.4, -0.2) is 23.3 Å². The first kappa shape index (κ1) is 13.5. The fraction of sp³-hybridized carbons (Fsp3) is 0.308. The van der Waals surface area contributed by atoms with Crippen molar-refractivity contribution in [2.75, 3.05) is 12.3 Å². The minimum absolute atomic E-state index is 0.132. The molecule has 0 spiro atoms. The minimum Gasteiger partial charge on any atom is -0.462 e. The van der Waals surface area contributed by atoms with E-state index in [1.54, 1.807) is 19.9 Å². The normalized spacial score (nSPS) is 10.7. The van der Waals surface area contributed by atoms with Crippen molar-refractivity contribution in [1.29, 1.82) is 0 Å². The molecule has 0 unspecified atom stereocenters. The zero-order chi connectivity index (χ0) is 14.2. The Labute approximate surface area is 114 Å². The van der Waals surface area contributed by atoms with Crippen molar-refractivity contribution < 1.29 is 14.3 Å². The third-order valence-electron chi connectivity index (χ3n) is 2.64. The Morgan fingerprint density at radius 2 is 2.16 bits per heavy atom. The third-order valence-corrected chi connectivity index (χ3v) is 3.84. The van der Waals surface area contributed by atoms with Crippen molar-refractivity contribution in [3.05, 3.63) is 22.2 Å². The lowest BCUT2D eigenvalue weighted by molar-refractivity contribution is 0.0528. The number of esters is 1. The first-order chi connectivity index (χ1) is 8.95. The van der Waals surface area contributed by atoms with E-state index in [0.29, 0.717) is 32.0 Å². The number of hydrogen-bond donors (Lipinski definition) is 1. The second-order valence-corrected chi connectivity index (χ2v) is 5.11. The topological polar surface area (TPSA) is 82.3 Å². The zero-order valence-electron chi connectivity index (χ0n) is 10.9. The maximum atomic E-state index is 12.0. The molecule has 19 heavy (non-hydrogen) atoms. The molecule has 2 heterocycles. The summed E-state index contributed by atoms with van der Waals surface area (Å²) in [5.41, 5.74) is 7.33. The molecule has 5 nitrogen and oxygen atoms in total. The average Bonchev–Trinajstić information content (AvgIpc) is 2.66. The largest absolute Gasteiger partial charge is 0.462 e. The van der Waals surface area contributed by atoms with Crippen LogP contribution in [0.3, 0.4) is 0 Å². The van der Waals surface area contributed by atoms with Crippen LogP contribution in [0.5, 0.6) is 0 Å². The number of rotatable bonds is 3. The maximum absolute atomic E-state index is 12.0. The van der Waals surface area contributed by atoms with Crippen LogP contribution in [0, 0.1) is 6.92 Å². The van der Waals surface area contributed by atoms with Crippen LogP contribution in [0.2, 0.25) is 0 Å². The number of ketones is 1. The first-order valence-electron chi connectivity index (χ1n) is 5.83. The fourth-order valence-corrected chi connectivity index (χ4v) is 2.94. The van der Waals surface area contributed by atoms with Gasteiger partial charge in [-0.2, -0.15) is 0 Å². The van der Waals surface area contributed by atoms with E-state index in [1.807, 2.05) is 0 Å². The molecule has 2 aromatic rings. The zero-order valence-corrected chi connectivity index (χ0v) is 11.8. The molecule has 0 saturated carbocycles. The lowest BCUT2D eigenvalue weighted by Crippen LogP contribution is -2.07. The molecule has 0 aliphatic rings. The molecule has 6 heteroatoms. The highest BCUT2D eigenvalue weighted by atomic mass is 32.1. The van der Waals surface area contributed by atoms with E-state index in [2.05, 4.69) is 4.98 Å². The van der Waals surface area contributed by atoms with Gasteiger partial charge in [-0.25, -0.2) is 9.78 Å². The fourth-order valence-electron chi connectivity index (χ4n) is 1.88. The highest BCUT2D eigenvalue weighted by molar-refractivity contribution is 7.21. The van der Waals surface area contributed by atoms with Crippen molar-refractivity contribution in [2.24, 2.45) is 0 Å². The van der Waals surface area contributed by atoms with Gasteiger partial charge in [0.25, 0.3) is 0 Å². The molecule has 0 radical (unpaired) electrons. The second kappa shape index (κ2) is 4.97. The number of carbonyl (C=O) groups excluding carboxylic acids is 2. The number of nitrogens with zero attached hydrogens (tertiary/aromatic N) is 1. The van der Waals surface area contributed by atoms with Gasteiger partial charge in [-0.3, -0.25) is 4.79 Å². The van der Waals surface area contributed by atoms with Gasteiger partial charge in [0.05, 0.1) is 22.7 Å². The molecule has 0 aromatic carbocycles. The molecule has 0 atom stereocenters. The van der Waals surface area contributed by atoms with E-state index in [-0.39, 0.29) is 12.4 Å². The molecular weight excluding hydrogens is 264 g/mol. The van der Waals surface area contributed by atoms with E-state index in [0.717, 1.165) is 0 Å². The highest BCUT2D eigenvalue weighted by Crippen LogP contribution is 2.35. The lowest BCUT2D eigenvalue weighted by Gasteiger charge is -2.05. The Morgan fingerprint density at radius 1 is 1.47 bits per heavy atom. The Balaban J connectivity index is 2.76. The summed E-state index contributed by atoms with van der Waals surface area (Å²) in [6.45, 7) is 5.25. The van der Waals surface area contributed by atoms with Gasteiger partial charge in [0, 0.05) is 18.0 Å². The number of pyridine rings is 1. The number of fused-ring (bicyclic) bond motifs is 1. The van der Waals surface area contributed by atoms with E-state index >= 15 is 0 Å². The SMILES string of the molecule is CCOC(=O)c1cc(C)nc2sc(C(C)=O)c(N)c12. The summed E-state index contributed by atoms with van der Waals surface area (Å²) >= 11 is 1.20. The molecule has 0 saturated heterocycles. The summed E-state index contributed by atoms with van der Waals surface area (Å²) in [7, 11) is 0. The number of thiophene rings is 1. The van der Waals surface area contributed by atoms with Crippen molar-refractivity contribution in [2.45, 2.75) is 20.8 Å². The number of nitrogen functional groups attached to an aromatic ring is 1. The number of aromatic nitrogens is 1. The number of aryl methyl sites for hydroxylation is 1. The molecular formula is C13H14N2O3S. The van der Waals surface area contributed by atoms with Gasteiger partial charge < -0.3 is 10.5 Å². The summed E-state index contributed by atoms with van der Waals surface area (Å²) in [6, 6.07) is 1.63. The predicted octanol–water partition coefficient (Wildman–Crippen LogP) is 2.57. The van der Waals surface area contributed by atoms with Crippen LogP contribution in [0.25, 0.3) is 10.2 Å². The van der Waals surface area contributed by atoms with Gasteiger partial charge in [0.15, 0.2) is 5.78 Å². The molecule has 0 bridgehead atoms. The summed E-state index contributed by atoms with van der Waals surface area (Å²) in [5, 5.41) is 0.513. The summed E-state index contributed by atoms with van der Waals surface area (Å²) in [4.78, 5) is 28.8. The summed E-state index contributed by atoms with van der Waals surface area (Å²) in [5.74, 6) is -0.578. The number of hydrogen-bond acceptors (Lipinski definition) is 6. The van der Waals surface area contributed by atoms with Crippen LogP contribution >= 0.6 is 11.3 Å². The van der Waals surface area contributed by atoms with Gasteiger partial charge in [0.1, 0.15) is 4.83 Å². The summed E-state index contributed by atoms with van der Waals surface area (Å²) in [6.07, 6.45) is 0. The van der Waals surface area contributed by atoms with E-state index in [1.165, 1.54) is 18.3 Å². The Hall–Kier alpha value is -1.95. The highest BCUT2D eigenvalue weighted by Gasteiger charge is 2.21. The number of Topliss-reactive ketones (excluding diaryl/α,β-unsaturated/α-hetero) is 1. The van der Waals surface area contributed by atoms with Gasteiger partial charge in [0.2, 0.25) is 0 Å². The van der Waals surface area contributed by atoms with Crippen molar-refractivity contribution in [3.63, 3.8) is 0 Å². The Bertz CT molecular complexity index is 676. The molecule has 0 aliphatic carbocycles.